The lowest BCUT2D eigenvalue weighted by Crippen LogP contribution is -2.39. The Bertz CT molecular complexity index is 1210. The van der Waals surface area contributed by atoms with Crippen LogP contribution < -0.4 is 0 Å². The van der Waals surface area contributed by atoms with Crippen molar-refractivity contribution in [3.8, 4) is 17.5 Å². The van der Waals surface area contributed by atoms with E-state index in [9.17, 15) is 4.79 Å². The molecule has 0 aliphatic carbocycles. The summed E-state index contributed by atoms with van der Waals surface area (Å²) in [4.78, 5) is 18.5. The Hall–Kier alpha value is -3.59. The molecule has 2 aromatic carbocycles. The predicted octanol–water partition coefficient (Wildman–Crippen LogP) is 5.70. The lowest BCUT2D eigenvalue weighted by atomic mass is 9.98. The van der Waals surface area contributed by atoms with Crippen LogP contribution in [0.2, 0.25) is 0 Å². The van der Waals surface area contributed by atoms with Gasteiger partial charge in [0.2, 0.25) is 5.89 Å². The predicted molar refractivity (Wildman–Crippen MR) is 119 cm³/mol. The van der Waals surface area contributed by atoms with E-state index in [-0.39, 0.29) is 6.09 Å². The van der Waals surface area contributed by atoms with Gasteiger partial charge in [0.05, 0.1) is 11.6 Å². The number of nitrogens with zero attached hydrogens (tertiary/aromatic N) is 3. The van der Waals surface area contributed by atoms with Crippen molar-refractivity contribution in [2.75, 3.05) is 13.1 Å². The van der Waals surface area contributed by atoms with E-state index >= 15 is 0 Å². The van der Waals surface area contributed by atoms with Gasteiger partial charge in [-0.15, -0.1) is 0 Å². The first-order chi connectivity index (χ1) is 14.7. The molecule has 0 unspecified atom stereocenters. The van der Waals surface area contributed by atoms with Gasteiger partial charge in [0.15, 0.2) is 5.58 Å². The van der Waals surface area contributed by atoms with Crippen LogP contribution in [0, 0.1) is 18.3 Å². The molecule has 0 radical (unpaired) electrons. The standard InChI is InChI=1S/C25H25N3O3/c1-16-13-17(15-26)14-21-22(16)30-23(27-21)20-7-5-18(6-8-20)19-9-11-28(12-10-19)24(29)31-25(2,3)4/h5-9,13-14H,10-12H2,1-4H3. The maximum Gasteiger partial charge on any atom is 0.410 e. The highest BCUT2D eigenvalue weighted by atomic mass is 16.6. The van der Waals surface area contributed by atoms with E-state index in [2.05, 4.69) is 17.1 Å². The molecule has 31 heavy (non-hydrogen) atoms. The number of aryl methyl sites for hydroxylation is 1. The van der Waals surface area contributed by atoms with Crippen LogP contribution in [0.4, 0.5) is 4.79 Å². The van der Waals surface area contributed by atoms with Gasteiger partial charge in [0, 0.05) is 18.7 Å². The molecule has 0 fully saturated rings. The highest BCUT2D eigenvalue weighted by molar-refractivity contribution is 5.81. The summed E-state index contributed by atoms with van der Waals surface area (Å²) < 4.78 is 11.4. The summed E-state index contributed by atoms with van der Waals surface area (Å²) in [6.45, 7) is 8.71. The highest BCUT2D eigenvalue weighted by Crippen LogP contribution is 2.30. The number of hydrogen-bond donors (Lipinski definition) is 0. The number of amides is 1. The summed E-state index contributed by atoms with van der Waals surface area (Å²) in [5.74, 6) is 0.536. The molecule has 158 valence electrons. The molecule has 1 aliphatic rings. The van der Waals surface area contributed by atoms with Crippen molar-refractivity contribution in [1.82, 2.24) is 9.88 Å². The van der Waals surface area contributed by atoms with Crippen molar-refractivity contribution in [3.63, 3.8) is 0 Å². The molecule has 6 nitrogen and oxygen atoms in total. The van der Waals surface area contributed by atoms with Crippen molar-refractivity contribution in [1.29, 1.82) is 5.26 Å². The zero-order chi connectivity index (χ0) is 22.2. The van der Waals surface area contributed by atoms with Crippen molar-refractivity contribution < 1.29 is 13.9 Å². The average molecular weight is 415 g/mol. The maximum absolute atomic E-state index is 12.2. The average Bonchev–Trinajstić information content (AvgIpc) is 3.17. The van der Waals surface area contributed by atoms with Crippen LogP contribution in [-0.2, 0) is 4.74 Å². The lowest BCUT2D eigenvalue weighted by molar-refractivity contribution is 0.0270. The summed E-state index contributed by atoms with van der Waals surface area (Å²) in [5.41, 5.74) is 5.57. The number of nitriles is 1. The molecule has 0 spiro atoms. The molecule has 0 saturated heterocycles. The van der Waals surface area contributed by atoms with Crippen LogP contribution in [0.1, 0.15) is 43.9 Å². The van der Waals surface area contributed by atoms with E-state index in [1.165, 1.54) is 5.57 Å². The van der Waals surface area contributed by atoms with Gasteiger partial charge >= 0.3 is 6.09 Å². The number of carbonyl (C=O) groups excluding carboxylic acids is 1. The fraction of sp³-hybridized carbons (Fsp3) is 0.320. The summed E-state index contributed by atoms with van der Waals surface area (Å²) in [5, 5.41) is 9.15. The number of oxazole rings is 1. The number of fused-ring (bicyclic) bond motifs is 1. The Kier molecular flexibility index (Phi) is 5.28. The molecule has 1 aromatic heterocycles. The van der Waals surface area contributed by atoms with Crippen LogP contribution in [0.3, 0.4) is 0 Å². The third-order valence-electron chi connectivity index (χ3n) is 5.17. The third kappa shape index (κ3) is 4.46. The van der Waals surface area contributed by atoms with E-state index in [1.807, 2.05) is 52.0 Å². The molecule has 3 aromatic rings. The number of ether oxygens (including phenoxy) is 1. The molecule has 4 rings (SSSR count). The summed E-state index contributed by atoms with van der Waals surface area (Å²) >= 11 is 0. The molecular formula is C25H25N3O3. The van der Waals surface area contributed by atoms with Gasteiger partial charge < -0.3 is 14.1 Å². The van der Waals surface area contributed by atoms with E-state index in [0.29, 0.717) is 35.6 Å². The number of rotatable bonds is 2. The molecule has 1 amide bonds. The monoisotopic (exact) mass is 415 g/mol. The van der Waals surface area contributed by atoms with Crippen molar-refractivity contribution in [2.45, 2.75) is 39.7 Å². The molecule has 1 aliphatic heterocycles. The largest absolute Gasteiger partial charge is 0.444 e. The Morgan fingerprint density at radius 3 is 2.52 bits per heavy atom. The topological polar surface area (TPSA) is 79.4 Å². The number of aromatic nitrogens is 1. The quantitative estimate of drug-likeness (QED) is 0.536. The molecule has 0 saturated carbocycles. The molecule has 0 atom stereocenters. The second-order valence-electron chi connectivity index (χ2n) is 8.76. The Balaban J connectivity index is 1.50. The van der Waals surface area contributed by atoms with Gasteiger partial charge in [-0.1, -0.05) is 18.2 Å². The van der Waals surface area contributed by atoms with Crippen LogP contribution >= 0.6 is 0 Å². The second kappa shape index (κ2) is 7.92. The Morgan fingerprint density at radius 1 is 1.19 bits per heavy atom. The number of carbonyl (C=O) groups is 1. The van der Waals surface area contributed by atoms with Crippen LogP contribution in [0.15, 0.2) is 46.9 Å². The molecule has 2 heterocycles. The summed E-state index contributed by atoms with van der Waals surface area (Å²) in [6, 6.07) is 13.8. The molecule has 0 N–H and O–H groups in total. The minimum Gasteiger partial charge on any atom is -0.444 e. The van der Waals surface area contributed by atoms with E-state index in [4.69, 9.17) is 14.4 Å². The first kappa shape index (κ1) is 20.7. The van der Waals surface area contributed by atoms with Crippen molar-refractivity contribution >= 4 is 22.8 Å². The molecular weight excluding hydrogens is 390 g/mol. The van der Waals surface area contributed by atoms with Gasteiger partial charge in [-0.2, -0.15) is 5.26 Å². The fourth-order valence-corrected chi connectivity index (χ4v) is 3.64. The lowest BCUT2D eigenvalue weighted by Gasteiger charge is -2.29. The Labute approximate surface area is 181 Å². The first-order valence-corrected chi connectivity index (χ1v) is 10.3. The molecule has 6 heteroatoms. The van der Waals surface area contributed by atoms with Gasteiger partial charge in [0.1, 0.15) is 11.1 Å². The SMILES string of the molecule is Cc1cc(C#N)cc2nc(-c3ccc(C4=CCN(C(=O)OC(C)(C)C)CC4)cc3)oc12. The molecule has 0 bridgehead atoms. The zero-order valence-electron chi connectivity index (χ0n) is 18.2. The summed E-state index contributed by atoms with van der Waals surface area (Å²) in [7, 11) is 0. The van der Waals surface area contributed by atoms with E-state index < -0.39 is 5.60 Å². The van der Waals surface area contributed by atoms with E-state index in [0.717, 1.165) is 23.1 Å². The second-order valence-corrected chi connectivity index (χ2v) is 8.76. The van der Waals surface area contributed by atoms with Crippen LogP contribution in [0.25, 0.3) is 28.1 Å². The van der Waals surface area contributed by atoms with Gasteiger partial charge in [0.25, 0.3) is 0 Å². The van der Waals surface area contributed by atoms with Crippen LogP contribution in [0.5, 0.6) is 0 Å². The normalized spacial score (nSPS) is 14.3. The minimum absolute atomic E-state index is 0.274. The highest BCUT2D eigenvalue weighted by Gasteiger charge is 2.24. The van der Waals surface area contributed by atoms with Crippen molar-refractivity contribution in [2.24, 2.45) is 0 Å². The minimum atomic E-state index is -0.490. The maximum atomic E-state index is 12.2. The fourth-order valence-electron chi connectivity index (χ4n) is 3.64. The van der Waals surface area contributed by atoms with E-state index in [1.54, 1.807) is 17.0 Å². The van der Waals surface area contributed by atoms with Crippen LogP contribution in [-0.4, -0.2) is 34.7 Å². The van der Waals surface area contributed by atoms with Gasteiger partial charge in [-0.3, -0.25) is 0 Å². The summed E-state index contributed by atoms with van der Waals surface area (Å²) in [6.07, 6.45) is 2.58. The smallest absolute Gasteiger partial charge is 0.410 e. The van der Waals surface area contributed by atoms with Gasteiger partial charge in [-0.05, 0) is 75.1 Å². The number of hydrogen-bond acceptors (Lipinski definition) is 5. The number of benzene rings is 2. The third-order valence-corrected chi connectivity index (χ3v) is 5.17. The Morgan fingerprint density at radius 2 is 1.90 bits per heavy atom. The van der Waals surface area contributed by atoms with Crippen molar-refractivity contribution in [3.05, 3.63) is 59.2 Å². The first-order valence-electron chi connectivity index (χ1n) is 10.3. The van der Waals surface area contributed by atoms with Gasteiger partial charge in [-0.25, -0.2) is 9.78 Å². The zero-order valence-corrected chi connectivity index (χ0v) is 18.2.